The van der Waals surface area contributed by atoms with Crippen LogP contribution in [0.4, 0.5) is 0 Å². The summed E-state index contributed by atoms with van der Waals surface area (Å²) in [6, 6.07) is 7.80. The van der Waals surface area contributed by atoms with Gasteiger partial charge in [-0.05, 0) is 24.1 Å². The number of ether oxygens (including phenoxy) is 1. The monoisotopic (exact) mass is 297 g/mol. The number of nitrogens with zero attached hydrogens (tertiary/aromatic N) is 2. The zero-order valence-corrected chi connectivity index (χ0v) is 12.6. The molecule has 0 saturated heterocycles. The van der Waals surface area contributed by atoms with Gasteiger partial charge in [0.2, 0.25) is 5.91 Å². The highest BCUT2D eigenvalue weighted by molar-refractivity contribution is 5.75. The predicted molar refractivity (Wildman–Crippen MR) is 83.5 cm³/mol. The van der Waals surface area contributed by atoms with Crippen LogP contribution in [0.5, 0.6) is 5.75 Å². The van der Waals surface area contributed by atoms with E-state index in [9.17, 15) is 4.79 Å². The fourth-order valence-electron chi connectivity index (χ4n) is 2.61. The van der Waals surface area contributed by atoms with Gasteiger partial charge in [-0.15, -0.1) is 0 Å². The van der Waals surface area contributed by atoms with Gasteiger partial charge in [0, 0.05) is 25.2 Å². The zero-order valence-electron chi connectivity index (χ0n) is 12.6. The lowest BCUT2D eigenvalue weighted by atomic mass is 10.1. The van der Waals surface area contributed by atoms with E-state index in [0.717, 1.165) is 29.7 Å². The molecule has 22 heavy (non-hydrogen) atoms. The molecule has 0 bridgehead atoms. The van der Waals surface area contributed by atoms with Gasteiger partial charge in [0.1, 0.15) is 11.9 Å². The SMILES string of the molecule is CCCC(=O)NC[C@H]1Cc2cccc(-c3ncccn3)c2O1. The molecule has 1 aromatic heterocycles. The van der Waals surface area contributed by atoms with Crippen molar-refractivity contribution in [2.75, 3.05) is 6.54 Å². The largest absolute Gasteiger partial charge is 0.487 e. The minimum absolute atomic E-state index is 0.0272. The van der Waals surface area contributed by atoms with Crippen molar-refractivity contribution in [1.82, 2.24) is 15.3 Å². The van der Waals surface area contributed by atoms with E-state index in [2.05, 4.69) is 21.4 Å². The Morgan fingerprint density at radius 3 is 2.91 bits per heavy atom. The first-order valence-electron chi connectivity index (χ1n) is 7.60. The van der Waals surface area contributed by atoms with Crippen LogP contribution in [0.2, 0.25) is 0 Å². The highest BCUT2D eigenvalue weighted by Gasteiger charge is 2.26. The Kier molecular flexibility index (Phi) is 4.32. The number of hydrogen-bond donors (Lipinski definition) is 1. The van der Waals surface area contributed by atoms with E-state index in [-0.39, 0.29) is 12.0 Å². The molecule has 5 heteroatoms. The molecule has 1 atom stereocenters. The van der Waals surface area contributed by atoms with Crippen molar-refractivity contribution >= 4 is 5.91 Å². The van der Waals surface area contributed by atoms with Crippen molar-refractivity contribution in [3.05, 3.63) is 42.2 Å². The Morgan fingerprint density at radius 1 is 1.32 bits per heavy atom. The Hall–Kier alpha value is -2.43. The molecule has 1 aromatic carbocycles. The summed E-state index contributed by atoms with van der Waals surface area (Å²) in [5, 5.41) is 2.92. The average Bonchev–Trinajstić information content (AvgIpc) is 2.97. The second kappa shape index (κ2) is 6.56. The van der Waals surface area contributed by atoms with E-state index >= 15 is 0 Å². The quantitative estimate of drug-likeness (QED) is 0.920. The third kappa shape index (κ3) is 3.08. The molecule has 1 aliphatic heterocycles. The summed E-state index contributed by atoms with van der Waals surface area (Å²) < 4.78 is 6.03. The molecule has 0 spiro atoms. The van der Waals surface area contributed by atoms with Crippen LogP contribution < -0.4 is 10.1 Å². The molecular formula is C17H19N3O2. The Balaban J connectivity index is 1.72. The van der Waals surface area contributed by atoms with Gasteiger partial charge in [-0.3, -0.25) is 4.79 Å². The first-order valence-corrected chi connectivity index (χ1v) is 7.60. The van der Waals surface area contributed by atoms with Gasteiger partial charge in [-0.25, -0.2) is 9.97 Å². The summed E-state index contributed by atoms with van der Waals surface area (Å²) in [5.74, 6) is 1.58. The topological polar surface area (TPSA) is 64.1 Å². The lowest BCUT2D eigenvalue weighted by Crippen LogP contribution is -2.34. The Bertz CT molecular complexity index is 658. The summed E-state index contributed by atoms with van der Waals surface area (Å²) in [6.45, 7) is 2.52. The molecule has 1 aliphatic rings. The molecule has 3 rings (SSSR count). The third-order valence-corrected chi connectivity index (χ3v) is 3.64. The van der Waals surface area contributed by atoms with E-state index in [1.54, 1.807) is 18.5 Å². The molecule has 2 aromatic rings. The number of rotatable bonds is 5. The molecule has 0 fully saturated rings. The van der Waals surface area contributed by atoms with Crippen LogP contribution >= 0.6 is 0 Å². The van der Waals surface area contributed by atoms with E-state index in [1.807, 2.05) is 19.1 Å². The van der Waals surface area contributed by atoms with Crippen LogP contribution in [0.1, 0.15) is 25.3 Å². The lowest BCUT2D eigenvalue weighted by molar-refractivity contribution is -0.121. The van der Waals surface area contributed by atoms with Crippen molar-refractivity contribution in [3.63, 3.8) is 0 Å². The highest BCUT2D eigenvalue weighted by atomic mass is 16.5. The minimum atomic E-state index is -0.0272. The number of amides is 1. The molecule has 0 unspecified atom stereocenters. The van der Waals surface area contributed by atoms with Crippen molar-refractivity contribution in [3.8, 4) is 17.1 Å². The maximum Gasteiger partial charge on any atom is 0.220 e. The lowest BCUT2D eigenvalue weighted by Gasteiger charge is -2.13. The molecule has 0 radical (unpaired) electrons. The summed E-state index contributed by atoms with van der Waals surface area (Å²) in [4.78, 5) is 20.2. The standard InChI is InChI=1S/C17H19N3O2/c1-2-5-15(21)20-11-13-10-12-6-3-7-14(16(12)22-13)17-18-8-4-9-19-17/h3-4,6-9,13H,2,5,10-11H2,1H3,(H,20,21)/t13-/m1/s1. The van der Waals surface area contributed by atoms with Gasteiger partial charge in [-0.1, -0.05) is 19.1 Å². The zero-order chi connectivity index (χ0) is 15.4. The molecule has 2 heterocycles. The first kappa shape index (κ1) is 14.5. The number of para-hydroxylation sites is 1. The summed E-state index contributed by atoms with van der Waals surface area (Å²) in [5.41, 5.74) is 2.04. The van der Waals surface area contributed by atoms with Gasteiger partial charge in [-0.2, -0.15) is 0 Å². The molecule has 0 saturated carbocycles. The van der Waals surface area contributed by atoms with E-state index in [0.29, 0.717) is 18.8 Å². The van der Waals surface area contributed by atoms with Gasteiger partial charge in [0.05, 0.1) is 12.1 Å². The van der Waals surface area contributed by atoms with Gasteiger partial charge in [0.25, 0.3) is 0 Å². The van der Waals surface area contributed by atoms with Gasteiger partial charge >= 0.3 is 0 Å². The number of carbonyl (C=O) groups is 1. The smallest absolute Gasteiger partial charge is 0.220 e. The Morgan fingerprint density at radius 2 is 2.14 bits per heavy atom. The molecule has 1 N–H and O–H groups in total. The van der Waals surface area contributed by atoms with Crippen LogP contribution in [0.3, 0.4) is 0 Å². The second-order valence-corrected chi connectivity index (χ2v) is 5.36. The molecule has 1 amide bonds. The van der Waals surface area contributed by atoms with Crippen LogP contribution in [0, 0.1) is 0 Å². The number of aromatic nitrogens is 2. The van der Waals surface area contributed by atoms with Crippen molar-refractivity contribution < 1.29 is 9.53 Å². The number of benzene rings is 1. The van der Waals surface area contributed by atoms with Crippen molar-refractivity contribution in [1.29, 1.82) is 0 Å². The van der Waals surface area contributed by atoms with Crippen molar-refractivity contribution in [2.45, 2.75) is 32.3 Å². The fraction of sp³-hybridized carbons (Fsp3) is 0.353. The normalized spacial score (nSPS) is 16.0. The molecule has 0 aliphatic carbocycles. The maximum atomic E-state index is 11.6. The van der Waals surface area contributed by atoms with Crippen LogP contribution in [0.25, 0.3) is 11.4 Å². The maximum absolute atomic E-state index is 11.6. The first-order chi connectivity index (χ1) is 10.8. The minimum Gasteiger partial charge on any atom is -0.487 e. The average molecular weight is 297 g/mol. The summed E-state index contributed by atoms with van der Waals surface area (Å²) in [7, 11) is 0. The number of fused-ring (bicyclic) bond motifs is 1. The van der Waals surface area contributed by atoms with E-state index < -0.39 is 0 Å². The highest BCUT2D eigenvalue weighted by Crippen LogP contribution is 2.37. The van der Waals surface area contributed by atoms with E-state index in [4.69, 9.17) is 4.74 Å². The molecular weight excluding hydrogens is 278 g/mol. The Labute approximate surface area is 129 Å². The fourth-order valence-corrected chi connectivity index (χ4v) is 2.61. The van der Waals surface area contributed by atoms with Crippen LogP contribution in [-0.4, -0.2) is 28.5 Å². The number of nitrogens with one attached hydrogen (secondary N) is 1. The molecule has 114 valence electrons. The third-order valence-electron chi connectivity index (χ3n) is 3.64. The number of carbonyl (C=O) groups excluding carboxylic acids is 1. The van der Waals surface area contributed by atoms with E-state index in [1.165, 1.54) is 0 Å². The molecule has 5 nitrogen and oxygen atoms in total. The van der Waals surface area contributed by atoms with Crippen molar-refractivity contribution in [2.24, 2.45) is 0 Å². The van der Waals surface area contributed by atoms with Gasteiger partial charge < -0.3 is 10.1 Å². The van der Waals surface area contributed by atoms with Crippen LogP contribution in [0.15, 0.2) is 36.7 Å². The van der Waals surface area contributed by atoms with Gasteiger partial charge in [0.15, 0.2) is 5.82 Å². The second-order valence-electron chi connectivity index (χ2n) is 5.36. The summed E-state index contributed by atoms with van der Waals surface area (Å²) >= 11 is 0. The van der Waals surface area contributed by atoms with Crippen LogP contribution in [-0.2, 0) is 11.2 Å². The predicted octanol–water partition coefficient (Wildman–Crippen LogP) is 2.36. The summed E-state index contributed by atoms with van der Waals surface area (Å²) in [6.07, 6.45) is 5.62. The number of hydrogen-bond acceptors (Lipinski definition) is 4.